The molecule has 0 aliphatic rings. The maximum atomic E-state index is 12.7. The molecule has 136 valence electrons. The van der Waals surface area contributed by atoms with Crippen LogP contribution in [0.5, 0.6) is 0 Å². The minimum Gasteiger partial charge on any atom is -0.352 e. The zero-order valence-corrected chi connectivity index (χ0v) is 14.4. The fraction of sp³-hybridized carbons (Fsp3) is 0.471. The van der Waals surface area contributed by atoms with Crippen LogP contribution in [0.2, 0.25) is 0 Å². The Bertz CT molecular complexity index is 720. The molecule has 25 heavy (non-hydrogen) atoms. The summed E-state index contributed by atoms with van der Waals surface area (Å²) in [6.45, 7) is 6.37. The van der Waals surface area contributed by atoms with Crippen LogP contribution in [0, 0.1) is 0 Å². The van der Waals surface area contributed by atoms with Crippen LogP contribution in [0.25, 0.3) is 5.82 Å². The molecule has 0 spiro atoms. The largest absolute Gasteiger partial charge is 0.417 e. The number of rotatable bonds is 6. The number of aromatic nitrogens is 3. The quantitative estimate of drug-likeness (QED) is 0.800. The second kappa shape index (κ2) is 7.67. The van der Waals surface area contributed by atoms with E-state index in [0.717, 1.165) is 25.1 Å². The van der Waals surface area contributed by atoms with Crippen LogP contribution in [-0.2, 0) is 6.18 Å². The smallest absolute Gasteiger partial charge is 0.352 e. The van der Waals surface area contributed by atoms with Gasteiger partial charge in [-0.3, -0.25) is 4.79 Å². The third-order valence-corrected chi connectivity index (χ3v) is 3.71. The minimum absolute atomic E-state index is 0.0569. The van der Waals surface area contributed by atoms with Crippen molar-refractivity contribution in [3.8, 4) is 5.82 Å². The number of unbranched alkanes of at least 4 members (excludes halogenated alkanes) is 1. The van der Waals surface area contributed by atoms with Gasteiger partial charge in [0.2, 0.25) is 0 Å². The van der Waals surface area contributed by atoms with E-state index in [1.54, 1.807) is 0 Å². The van der Waals surface area contributed by atoms with E-state index in [1.807, 2.05) is 20.8 Å². The molecule has 0 radical (unpaired) electrons. The molecule has 0 aromatic carbocycles. The lowest BCUT2D eigenvalue weighted by Gasteiger charge is -2.13. The molecule has 2 aromatic rings. The first-order chi connectivity index (χ1) is 11.8. The summed E-state index contributed by atoms with van der Waals surface area (Å²) in [5, 5.41) is 6.99. The molecule has 2 heterocycles. The second-order valence-corrected chi connectivity index (χ2v) is 6.02. The Labute approximate surface area is 144 Å². The van der Waals surface area contributed by atoms with E-state index in [-0.39, 0.29) is 17.6 Å². The van der Waals surface area contributed by atoms with Gasteiger partial charge >= 0.3 is 6.18 Å². The maximum absolute atomic E-state index is 12.7. The van der Waals surface area contributed by atoms with E-state index >= 15 is 0 Å². The highest BCUT2D eigenvalue weighted by molar-refractivity contribution is 5.95. The Balaban J connectivity index is 2.34. The summed E-state index contributed by atoms with van der Waals surface area (Å²) in [5.41, 5.74) is 0.195. The van der Waals surface area contributed by atoms with Gasteiger partial charge in [-0.05, 0) is 24.5 Å². The topological polar surface area (TPSA) is 59.8 Å². The van der Waals surface area contributed by atoms with Crippen molar-refractivity contribution < 1.29 is 18.0 Å². The first kappa shape index (κ1) is 19.0. The molecule has 1 N–H and O–H groups in total. The third kappa shape index (κ3) is 4.37. The van der Waals surface area contributed by atoms with E-state index in [9.17, 15) is 18.0 Å². The van der Waals surface area contributed by atoms with E-state index in [4.69, 9.17) is 0 Å². The summed E-state index contributed by atoms with van der Waals surface area (Å²) >= 11 is 0. The van der Waals surface area contributed by atoms with Crippen molar-refractivity contribution in [1.29, 1.82) is 0 Å². The number of halogens is 3. The number of carbonyl (C=O) groups is 1. The maximum Gasteiger partial charge on any atom is 0.417 e. The van der Waals surface area contributed by atoms with E-state index < -0.39 is 11.7 Å². The number of nitrogens with zero attached hydrogens (tertiary/aromatic N) is 3. The molecule has 0 saturated carbocycles. The fourth-order valence-corrected chi connectivity index (χ4v) is 2.42. The van der Waals surface area contributed by atoms with Gasteiger partial charge in [0.1, 0.15) is 0 Å². The van der Waals surface area contributed by atoms with Crippen LogP contribution in [-0.4, -0.2) is 27.2 Å². The molecule has 0 fully saturated rings. The summed E-state index contributed by atoms with van der Waals surface area (Å²) in [6, 6.07) is 2.20. The van der Waals surface area contributed by atoms with Gasteiger partial charge in [-0.1, -0.05) is 27.2 Å². The molecule has 8 heteroatoms. The molecular weight excluding hydrogens is 333 g/mol. The third-order valence-electron chi connectivity index (χ3n) is 3.71. The number of amides is 1. The highest BCUT2D eigenvalue weighted by Gasteiger charge is 2.31. The molecule has 2 rings (SSSR count). The monoisotopic (exact) mass is 354 g/mol. The van der Waals surface area contributed by atoms with Crippen molar-refractivity contribution in [3.05, 3.63) is 41.3 Å². The molecule has 0 aliphatic heterocycles. The Morgan fingerprint density at radius 1 is 1.28 bits per heavy atom. The first-order valence-electron chi connectivity index (χ1n) is 8.15. The Morgan fingerprint density at radius 2 is 2.00 bits per heavy atom. The molecule has 1 amide bonds. The molecule has 0 bridgehead atoms. The van der Waals surface area contributed by atoms with Gasteiger partial charge in [0.05, 0.1) is 23.0 Å². The zero-order chi connectivity index (χ0) is 18.6. The van der Waals surface area contributed by atoms with Crippen LogP contribution >= 0.6 is 0 Å². The number of nitrogens with one attached hydrogen (secondary N) is 1. The lowest BCUT2D eigenvalue weighted by atomic mass is 10.1. The van der Waals surface area contributed by atoms with Crippen molar-refractivity contribution in [1.82, 2.24) is 20.1 Å². The summed E-state index contributed by atoms with van der Waals surface area (Å²) in [5.74, 6) is -0.0573. The molecular formula is C17H21F3N4O. The van der Waals surface area contributed by atoms with Gasteiger partial charge in [-0.15, -0.1) is 0 Å². The molecule has 0 unspecified atom stereocenters. The van der Waals surface area contributed by atoms with Crippen LogP contribution < -0.4 is 5.32 Å². The molecule has 0 atom stereocenters. The van der Waals surface area contributed by atoms with Crippen molar-refractivity contribution in [2.45, 2.75) is 45.7 Å². The van der Waals surface area contributed by atoms with E-state index in [2.05, 4.69) is 15.4 Å². The standard InChI is InChI=1S/C17H21F3N4O/c1-4-5-8-21-16(25)13-10-23-24(15(13)11(2)3)14-7-6-12(9-22-14)17(18,19)20/h6-7,9-11H,4-5,8H2,1-3H3,(H,21,25). The number of pyridine rings is 1. The summed E-state index contributed by atoms with van der Waals surface area (Å²) in [4.78, 5) is 16.2. The summed E-state index contributed by atoms with van der Waals surface area (Å²) in [6.07, 6.45) is -0.414. The lowest BCUT2D eigenvalue weighted by molar-refractivity contribution is -0.137. The van der Waals surface area contributed by atoms with Crippen LogP contribution in [0.4, 0.5) is 13.2 Å². The van der Waals surface area contributed by atoms with Crippen molar-refractivity contribution in [3.63, 3.8) is 0 Å². The van der Waals surface area contributed by atoms with Crippen LogP contribution in [0.15, 0.2) is 24.5 Å². The second-order valence-electron chi connectivity index (χ2n) is 6.02. The highest BCUT2D eigenvalue weighted by atomic mass is 19.4. The van der Waals surface area contributed by atoms with E-state index in [1.165, 1.54) is 16.9 Å². The van der Waals surface area contributed by atoms with Gasteiger partial charge in [0, 0.05) is 12.7 Å². The molecule has 0 saturated heterocycles. The lowest BCUT2D eigenvalue weighted by Crippen LogP contribution is -2.25. The van der Waals surface area contributed by atoms with Crippen molar-refractivity contribution >= 4 is 5.91 Å². The highest BCUT2D eigenvalue weighted by Crippen LogP contribution is 2.29. The van der Waals surface area contributed by atoms with Gasteiger partial charge in [-0.2, -0.15) is 18.3 Å². The SMILES string of the molecule is CCCCNC(=O)c1cnn(-c2ccc(C(F)(F)F)cn2)c1C(C)C. The van der Waals surface area contributed by atoms with Crippen LogP contribution in [0.1, 0.15) is 61.1 Å². The predicted octanol–water partition coefficient (Wildman–Crippen LogP) is 3.94. The van der Waals surface area contributed by atoms with Gasteiger partial charge in [0.15, 0.2) is 5.82 Å². The minimum atomic E-state index is -4.44. The summed E-state index contributed by atoms with van der Waals surface area (Å²) < 4.78 is 39.4. The van der Waals surface area contributed by atoms with Gasteiger partial charge < -0.3 is 5.32 Å². The predicted molar refractivity (Wildman–Crippen MR) is 87.7 cm³/mol. The number of hydrogen-bond donors (Lipinski definition) is 1. The first-order valence-corrected chi connectivity index (χ1v) is 8.15. The Morgan fingerprint density at radius 3 is 2.52 bits per heavy atom. The Kier molecular flexibility index (Phi) is 5.81. The van der Waals surface area contributed by atoms with E-state index in [0.29, 0.717) is 17.8 Å². The molecule has 0 aliphatic carbocycles. The summed E-state index contributed by atoms with van der Waals surface area (Å²) in [7, 11) is 0. The average Bonchev–Trinajstić information content (AvgIpc) is 2.99. The van der Waals surface area contributed by atoms with Crippen molar-refractivity contribution in [2.75, 3.05) is 6.54 Å². The average molecular weight is 354 g/mol. The number of alkyl halides is 3. The molecule has 5 nitrogen and oxygen atoms in total. The van der Waals surface area contributed by atoms with Crippen molar-refractivity contribution in [2.24, 2.45) is 0 Å². The zero-order valence-electron chi connectivity index (χ0n) is 14.4. The normalized spacial score (nSPS) is 11.8. The number of carbonyl (C=O) groups excluding carboxylic acids is 1. The van der Waals surface area contributed by atoms with Gasteiger partial charge in [0.25, 0.3) is 5.91 Å². The van der Waals surface area contributed by atoms with Crippen LogP contribution in [0.3, 0.4) is 0 Å². The van der Waals surface area contributed by atoms with Gasteiger partial charge in [-0.25, -0.2) is 9.67 Å². The number of hydrogen-bond acceptors (Lipinski definition) is 3. The molecule has 2 aromatic heterocycles. The fourth-order valence-electron chi connectivity index (χ4n) is 2.42. The Hall–Kier alpha value is -2.38.